The van der Waals surface area contributed by atoms with E-state index in [9.17, 15) is 26.4 Å². The van der Waals surface area contributed by atoms with Gasteiger partial charge in [-0.25, -0.2) is 9.48 Å². The second-order valence-corrected chi connectivity index (χ2v) is 7.55. The van der Waals surface area contributed by atoms with E-state index in [0.717, 1.165) is 0 Å². The van der Waals surface area contributed by atoms with Gasteiger partial charge in [0.25, 0.3) is 5.88 Å². The Morgan fingerprint density at radius 1 is 1.33 bits per heavy atom. The van der Waals surface area contributed by atoms with E-state index < -0.39 is 33.0 Å². The van der Waals surface area contributed by atoms with Crippen LogP contribution in [0.1, 0.15) is 42.9 Å². The Hall–Kier alpha value is -2.08. The zero-order valence-corrected chi connectivity index (χ0v) is 16.2. The molecule has 0 fully saturated rings. The smallest absolute Gasteiger partial charge is 0.462 e. The Labute approximate surface area is 157 Å². The molecule has 2 heterocycles. The van der Waals surface area contributed by atoms with Gasteiger partial charge in [0, 0.05) is 6.04 Å². The summed E-state index contributed by atoms with van der Waals surface area (Å²) >= 11 is 6.19. The van der Waals surface area contributed by atoms with Gasteiger partial charge in [0.2, 0.25) is 0 Å². The number of hydrogen-bond donors (Lipinski definition) is 0. The molecule has 0 unspecified atom stereocenters. The highest BCUT2D eigenvalue weighted by Gasteiger charge is 2.49. The number of rotatable bonds is 5. The molecule has 0 amide bonds. The van der Waals surface area contributed by atoms with Crippen LogP contribution in [-0.4, -0.2) is 41.3 Å². The number of nitrogens with zero attached hydrogens (tertiary/aromatic N) is 3. The average Bonchev–Trinajstić information content (AvgIpc) is 2.83. The SMILES string of the molecule is CCOC(=O)c1c(OS(=O)(=O)C(F)(F)F)nc2c(c(C)nn2C(C)C)c1Cl. The number of hydrogen-bond acceptors (Lipinski definition) is 7. The summed E-state index contributed by atoms with van der Waals surface area (Å²) in [7, 11) is -6.09. The number of ether oxygens (including phenoxy) is 1. The van der Waals surface area contributed by atoms with Gasteiger partial charge >= 0.3 is 21.6 Å². The van der Waals surface area contributed by atoms with Crippen molar-refractivity contribution in [3.05, 3.63) is 16.3 Å². The van der Waals surface area contributed by atoms with Crippen LogP contribution >= 0.6 is 11.6 Å². The molecule has 0 saturated heterocycles. The van der Waals surface area contributed by atoms with Crippen molar-refractivity contribution in [3.63, 3.8) is 0 Å². The Morgan fingerprint density at radius 2 is 1.93 bits per heavy atom. The molecule has 13 heteroatoms. The van der Waals surface area contributed by atoms with Crippen LogP contribution < -0.4 is 4.18 Å². The molecule has 2 rings (SSSR count). The van der Waals surface area contributed by atoms with E-state index in [-0.39, 0.29) is 28.7 Å². The number of halogens is 4. The summed E-state index contributed by atoms with van der Waals surface area (Å²) in [5, 5.41) is 3.98. The number of pyridine rings is 1. The van der Waals surface area contributed by atoms with Gasteiger partial charge in [0.05, 0.1) is 22.7 Å². The van der Waals surface area contributed by atoms with Gasteiger partial charge in [-0.3, -0.25) is 0 Å². The van der Waals surface area contributed by atoms with Gasteiger partial charge < -0.3 is 8.92 Å². The molecule has 8 nitrogen and oxygen atoms in total. The fourth-order valence-electron chi connectivity index (χ4n) is 2.22. The number of carbonyl (C=O) groups is 1. The zero-order chi connectivity index (χ0) is 20.7. The average molecular weight is 430 g/mol. The second kappa shape index (κ2) is 7.15. The topological polar surface area (TPSA) is 100 Å². The number of aromatic nitrogens is 3. The molecule has 0 atom stereocenters. The summed E-state index contributed by atoms with van der Waals surface area (Å²) in [4.78, 5) is 16.0. The van der Waals surface area contributed by atoms with Gasteiger partial charge in [-0.15, -0.1) is 0 Å². The molecule has 27 heavy (non-hydrogen) atoms. The molecule has 2 aromatic rings. The summed E-state index contributed by atoms with van der Waals surface area (Å²) in [6.45, 7) is 6.30. The molecule has 0 bridgehead atoms. The summed E-state index contributed by atoms with van der Waals surface area (Å²) in [6.07, 6.45) is 0. The minimum Gasteiger partial charge on any atom is -0.462 e. The summed E-state index contributed by atoms with van der Waals surface area (Å²) in [5.74, 6) is -2.31. The maximum atomic E-state index is 12.7. The van der Waals surface area contributed by atoms with Crippen LogP contribution in [-0.2, 0) is 14.9 Å². The Morgan fingerprint density at radius 3 is 2.41 bits per heavy atom. The molecule has 0 aliphatic carbocycles. The van der Waals surface area contributed by atoms with Crippen molar-refractivity contribution >= 4 is 38.7 Å². The normalized spacial score (nSPS) is 12.6. The molecular weight excluding hydrogens is 415 g/mol. The molecule has 150 valence electrons. The van der Waals surface area contributed by atoms with Gasteiger partial charge in [0.15, 0.2) is 5.65 Å². The van der Waals surface area contributed by atoms with Crippen LogP contribution in [0, 0.1) is 6.92 Å². The number of carbonyl (C=O) groups excluding carboxylic acids is 1. The zero-order valence-electron chi connectivity index (χ0n) is 14.6. The first-order chi connectivity index (χ1) is 12.3. The van der Waals surface area contributed by atoms with Crippen LogP contribution in [0.2, 0.25) is 5.02 Å². The molecule has 0 spiro atoms. The third-order valence-corrected chi connectivity index (χ3v) is 4.68. The summed E-state index contributed by atoms with van der Waals surface area (Å²) in [5.41, 5.74) is -6.15. The van der Waals surface area contributed by atoms with E-state index in [1.165, 1.54) is 11.6 Å². The van der Waals surface area contributed by atoms with E-state index in [1.807, 2.05) is 0 Å². The Balaban J connectivity index is 2.85. The number of alkyl halides is 3. The minimum atomic E-state index is -6.09. The first-order valence-electron chi connectivity index (χ1n) is 7.58. The highest BCUT2D eigenvalue weighted by molar-refractivity contribution is 7.88. The summed E-state index contributed by atoms with van der Waals surface area (Å²) < 4.78 is 71.2. The van der Waals surface area contributed by atoms with Crippen LogP contribution in [0.3, 0.4) is 0 Å². The minimum absolute atomic E-state index is 0.0343. The maximum absolute atomic E-state index is 12.7. The highest BCUT2D eigenvalue weighted by atomic mass is 35.5. The van der Waals surface area contributed by atoms with Crippen molar-refractivity contribution in [2.45, 2.75) is 39.2 Å². The van der Waals surface area contributed by atoms with Crippen LogP contribution in [0.4, 0.5) is 13.2 Å². The largest absolute Gasteiger partial charge is 0.534 e. The first kappa shape index (κ1) is 21.2. The van der Waals surface area contributed by atoms with Crippen molar-refractivity contribution in [1.29, 1.82) is 0 Å². The summed E-state index contributed by atoms with van der Waals surface area (Å²) in [6, 6.07) is -0.287. The Kier molecular flexibility index (Phi) is 5.62. The number of aryl methyl sites for hydroxylation is 1. The van der Waals surface area contributed by atoms with E-state index in [0.29, 0.717) is 5.69 Å². The molecule has 0 N–H and O–H groups in total. The third-order valence-electron chi connectivity index (χ3n) is 3.36. The van der Waals surface area contributed by atoms with Crippen LogP contribution in [0.25, 0.3) is 11.0 Å². The fourth-order valence-corrected chi connectivity index (χ4v) is 3.02. The predicted molar refractivity (Wildman–Crippen MR) is 89.2 cm³/mol. The van der Waals surface area contributed by atoms with E-state index >= 15 is 0 Å². The molecule has 0 aliphatic rings. The fraction of sp³-hybridized carbons (Fsp3) is 0.500. The van der Waals surface area contributed by atoms with Crippen molar-refractivity contribution < 1.29 is 35.3 Å². The Bertz CT molecular complexity index is 1000. The molecule has 0 saturated carbocycles. The van der Waals surface area contributed by atoms with E-state index in [4.69, 9.17) is 16.3 Å². The van der Waals surface area contributed by atoms with Crippen molar-refractivity contribution in [3.8, 4) is 5.88 Å². The molecule has 2 aromatic heterocycles. The standard InChI is InChI=1S/C14H15ClF3N3O5S/c1-5-25-13(22)9-10(15)8-7(4)20-21(6(2)3)11(8)19-12(9)26-27(23,24)14(16,17)18/h6H,5H2,1-4H3. The number of esters is 1. The first-order valence-corrected chi connectivity index (χ1v) is 9.36. The van der Waals surface area contributed by atoms with E-state index in [1.54, 1.807) is 20.8 Å². The third kappa shape index (κ3) is 3.81. The number of fused-ring (bicyclic) bond motifs is 1. The lowest BCUT2D eigenvalue weighted by Gasteiger charge is -2.14. The van der Waals surface area contributed by atoms with Crippen molar-refractivity contribution in [2.24, 2.45) is 0 Å². The highest BCUT2D eigenvalue weighted by Crippen LogP contribution is 2.37. The van der Waals surface area contributed by atoms with Gasteiger partial charge in [-0.1, -0.05) is 11.6 Å². The van der Waals surface area contributed by atoms with E-state index in [2.05, 4.69) is 14.3 Å². The van der Waals surface area contributed by atoms with Gasteiger partial charge in [0.1, 0.15) is 5.56 Å². The van der Waals surface area contributed by atoms with Crippen molar-refractivity contribution in [2.75, 3.05) is 6.61 Å². The second-order valence-electron chi connectivity index (χ2n) is 5.63. The van der Waals surface area contributed by atoms with Gasteiger partial charge in [-0.2, -0.15) is 31.7 Å². The van der Waals surface area contributed by atoms with Crippen LogP contribution in [0.5, 0.6) is 5.88 Å². The molecular formula is C14H15ClF3N3O5S. The lowest BCUT2D eigenvalue weighted by molar-refractivity contribution is -0.0501. The monoisotopic (exact) mass is 429 g/mol. The van der Waals surface area contributed by atoms with Crippen LogP contribution in [0.15, 0.2) is 0 Å². The molecule has 0 aliphatic heterocycles. The predicted octanol–water partition coefficient (Wildman–Crippen LogP) is 3.38. The lowest BCUT2D eigenvalue weighted by Crippen LogP contribution is -2.29. The quantitative estimate of drug-likeness (QED) is 0.408. The van der Waals surface area contributed by atoms with Crippen molar-refractivity contribution in [1.82, 2.24) is 14.8 Å². The lowest BCUT2D eigenvalue weighted by atomic mass is 10.2. The molecule has 0 radical (unpaired) electrons. The van der Waals surface area contributed by atoms with Gasteiger partial charge in [-0.05, 0) is 27.7 Å². The molecule has 0 aromatic carbocycles. The maximum Gasteiger partial charge on any atom is 0.534 e.